The van der Waals surface area contributed by atoms with Crippen molar-refractivity contribution in [3.05, 3.63) is 88.2 Å². The molecule has 5 rings (SSSR count). The first-order valence-corrected chi connectivity index (χ1v) is 11.1. The molecule has 154 valence electrons. The Balaban J connectivity index is 1.50. The van der Waals surface area contributed by atoms with Crippen LogP contribution in [0.25, 0.3) is 32.9 Å². The maximum Gasteiger partial charge on any atom is 0.283 e. The topological polar surface area (TPSA) is 108 Å². The van der Waals surface area contributed by atoms with E-state index in [0.29, 0.717) is 21.9 Å². The molecule has 0 unspecified atom stereocenters. The number of rotatable bonds is 5. The molecule has 0 atom stereocenters. The van der Waals surface area contributed by atoms with Gasteiger partial charge in [-0.2, -0.15) is 5.26 Å². The zero-order valence-electron chi connectivity index (χ0n) is 16.4. The Kier molecular flexibility index (Phi) is 5.15. The predicted octanol–water partition coefficient (Wildman–Crippen LogP) is 6.30. The summed E-state index contributed by atoms with van der Waals surface area (Å²) in [7, 11) is 0. The number of nitro groups is 1. The molecule has 3 aromatic carbocycles. The van der Waals surface area contributed by atoms with Crippen LogP contribution in [0.5, 0.6) is 0 Å². The van der Waals surface area contributed by atoms with Crippen LogP contribution in [0.15, 0.2) is 76.0 Å². The molecule has 0 aliphatic rings. The number of nitriles is 1. The Morgan fingerprint density at radius 1 is 1.09 bits per heavy atom. The van der Waals surface area contributed by atoms with Crippen LogP contribution in [-0.4, -0.2) is 19.9 Å². The lowest BCUT2D eigenvalue weighted by Crippen LogP contribution is -1.92. The highest BCUT2D eigenvalue weighted by atomic mass is 32.2. The Bertz CT molecular complexity index is 1500. The van der Waals surface area contributed by atoms with Gasteiger partial charge in [0, 0.05) is 6.07 Å². The standard InChI is InChI=1S/C23H13N5O2S2/c24-13-15(22-25-16-5-1-2-6-17(16)26-22)11-14-9-10-21(19(12-14)28(29)30)32-23-27-18-7-3-4-8-20(18)31-23/h1-12H,(H,25,26)/b15-11+. The van der Waals surface area contributed by atoms with Crippen molar-refractivity contribution in [3.8, 4) is 6.07 Å². The molecular weight excluding hydrogens is 442 g/mol. The van der Waals surface area contributed by atoms with Gasteiger partial charge in [-0.25, -0.2) is 9.97 Å². The van der Waals surface area contributed by atoms with E-state index >= 15 is 0 Å². The summed E-state index contributed by atoms with van der Waals surface area (Å²) in [5, 5.41) is 21.4. The van der Waals surface area contributed by atoms with Gasteiger partial charge in [-0.15, -0.1) is 11.3 Å². The third kappa shape index (κ3) is 3.85. The van der Waals surface area contributed by atoms with E-state index in [1.54, 1.807) is 18.2 Å². The first kappa shape index (κ1) is 19.9. The number of allylic oxidation sites excluding steroid dienone is 1. The van der Waals surface area contributed by atoms with Crippen molar-refractivity contribution in [1.82, 2.24) is 15.0 Å². The minimum absolute atomic E-state index is 0.0371. The van der Waals surface area contributed by atoms with Gasteiger partial charge in [0.25, 0.3) is 5.69 Å². The number of fused-ring (bicyclic) bond motifs is 2. The molecule has 7 nitrogen and oxygen atoms in total. The summed E-state index contributed by atoms with van der Waals surface area (Å²) >= 11 is 2.75. The summed E-state index contributed by atoms with van der Waals surface area (Å²) in [5.74, 6) is 0.421. The Labute approximate surface area is 190 Å². The summed E-state index contributed by atoms with van der Waals surface area (Å²) in [6.45, 7) is 0. The molecule has 32 heavy (non-hydrogen) atoms. The molecule has 0 aliphatic heterocycles. The van der Waals surface area contributed by atoms with Gasteiger partial charge >= 0.3 is 0 Å². The number of nitro benzene ring substituents is 1. The maximum atomic E-state index is 11.8. The molecule has 5 aromatic rings. The van der Waals surface area contributed by atoms with Crippen molar-refractivity contribution in [3.63, 3.8) is 0 Å². The van der Waals surface area contributed by atoms with Crippen molar-refractivity contribution in [2.45, 2.75) is 9.24 Å². The van der Waals surface area contributed by atoms with Crippen molar-refractivity contribution >= 4 is 61.7 Å². The molecule has 0 saturated carbocycles. The van der Waals surface area contributed by atoms with Gasteiger partial charge < -0.3 is 4.98 Å². The normalized spacial score (nSPS) is 11.7. The average molecular weight is 456 g/mol. The zero-order valence-corrected chi connectivity index (χ0v) is 18.0. The quantitative estimate of drug-likeness (QED) is 0.189. The number of H-pyrrole nitrogens is 1. The van der Waals surface area contributed by atoms with Gasteiger partial charge in [0.1, 0.15) is 11.9 Å². The van der Waals surface area contributed by atoms with E-state index in [0.717, 1.165) is 25.6 Å². The van der Waals surface area contributed by atoms with Crippen LogP contribution in [0, 0.1) is 21.4 Å². The number of thiazole rings is 1. The van der Waals surface area contributed by atoms with E-state index in [9.17, 15) is 15.4 Å². The number of aromatic amines is 1. The Morgan fingerprint density at radius 2 is 1.88 bits per heavy atom. The zero-order chi connectivity index (χ0) is 22.1. The fourth-order valence-corrected chi connectivity index (χ4v) is 5.35. The number of para-hydroxylation sites is 3. The molecule has 2 aromatic heterocycles. The van der Waals surface area contributed by atoms with E-state index in [4.69, 9.17) is 0 Å². The second kappa shape index (κ2) is 8.26. The van der Waals surface area contributed by atoms with Crippen molar-refractivity contribution < 1.29 is 4.92 Å². The average Bonchev–Trinajstić information content (AvgIpc) is 3.41. The summed E-state index contributed by atoms with van der Waals surface area (Å²) in [6, 6.07) is 22.3. The van der Waals surface area contributed by atoms with Crippen molar-refractivity contribution in [2.75, 3.05) is 0 Å². The third-order valence-corrected chi connectivity index (χ3v) is 6.89. The largest absolute Gasteiger partial charge is 0.337 e. The van der Waals surface area contributed by atoms with Crippen LogP contribution in [0.2, 0.25) is 0 Å². The first-order chi connectivity index (χ1) is 15.6. The van der Waals surface area contributed by atoms with E-state index < -0.39 is 4.92 Å². The second-order valence-electron chi connectivity index (χ2n) is 6.81. The Morgan fingerprint density at radius 3 is 2.62 bits per heavy atom. The molecular formula is C23H13N5O2S2. The van der Waals surface area contributed by atoms with E-state index in [1.807, 2.05) is 48.5 Å². The molecule has 0 spiro atoms. The molecule has 2 heterocycles. The summed E-state index contributed by atoms with van der Waals surface area (Å²) < 4.78 is 1.76. The molecule has 1 N–H and O–H groups in total. The monoisotopic (exact) mass is 455 g/mol. The molecule has 0 fully saturated rings. The number of hydrogen-bond donors (Lipinski definition) is 1. The number of hydrogen-bond acceptors (Lipinski definition) is 7. The van der Waals surface area contributed by atoms with Crippen LogP contribution < -0.4 is 0 Å². The number of benzene rings is 3. The Hall–Kier alpha value is -4.00. The van der Waals surface area contributed by atoms with Crippen LogP contribution >= 0.6 is 23.1 Å². The fourth-order valence-electron chi connectivity index (χ4n) is 3.24. The van der Waals surface area contributed by atoms with Crippen molar-refractivity contribution in [1.29, 1.82) is 5.26 Å². The first-order valence-electron chi connectivity index (χ1n) is 9.49. The van der Waals surface area contributed by atoms with E-state index in [1.165, 1.54) is 29.2 Å². The minimum atomic E-state index is -0.416. The van der Waals surface area contributed by atoms with Gasteiger partial charge in [-0.05, 0) is 42.0 Å². The van der Waals surface area contributed by atoms with Gasteiger partial charge in [0.15, 0.2) is 4.34 Å². The van der Waals surface area contributed by atoms with Crippen LogP contribution in [-0.2, 0) is 0 Å². The summed E-state index contributed by atoms with van der Waals surface area (Å²) in [4.78, 5) is 23.9. The highest BCUT2D eigenvalue weighted by Crippen LogP contribution is 2.39. The summed E-state index contributed by atoms with van der Waals surface area (Å²) in [6.07, 6.45) is 1.59. The molecule has 9 heteroatoms. The lowest BCUT2D eigenvalue weighted by atomic mass is 10.1. The SMILES string of the molecule is N#C/C(=C\c1ccc(Sc2nc3ccccc3s2)c([N+](=O)[O-])c1)c1nc2ccccc2[nH]1. The molecule has 0 bridgehead atoms. The van der Waals surface area contributed by atoms with Gasteiger partial charge in [-0.3, -0.25) is 10.1 Å². The van der Waals surface area contributed by atoms with Gasteiger partial charge in [0.2, 0.25) is 0 Å². The lowest BCUT2D eigenvalue weighted by molar-refractivity contribution is -0.387. The number of nitrogens with one attached hydrogen (secondary N) is 1. The van der Waals surface area contributed by atoms with E-state index in [-0.39, 0.29) is 5.69 Å². The number of aromatic nitrogens is 3. The smallest absolute Gasteiger partial charge is 0.283 e. The number of imidazole rings is 1. The molecule has 0 saturated heterocycles. The fraction of sp³-hybridized carbons (Fsp3) is 0. The maximum absolute atomic E-state index is 11.8. The third-order valence-electron chi connectivity index (χ3n) is 4.73. The van der Waals surface area contributed by atoms with Crippen LogP contribution in [0.4, 0.5) is 5.69 Å². The number of nitrogens with zero attached hydrogens (tertiary/aromatic N) is 4. The summed E-state index contributed by atoms with van der Waals surface area (Å²) in [5.41, 5.74) is 3.23. The second-order valence-corrected chi connectivity index (χ2v) is 9.13. The van der Waals surface area contributed by atoms with Crippen LogP contribution in [0.1, 0.15) is 11.4 Å². The van der Waals surface area contributed by atoms with Gasteiger partial charge in [0.05, 0.1) is 36.6 Å². The molecule has 0 aliphatic carbocycles. The highest BCUT2D eigenvalue weighted by Gasteiger charge is 2.18. The van der Waals surface area contributed by atoms with Crippen LogP contribution in [0.3, 0.4) is 0 Å². The van der Waals surface area contributed by atoms with Crippen molar-refractivity contribution in [2.24, 2.45) is 0 Å². The minimum Gasteiger partial charge on any atom is -0.337 e. The molecule has 0 radical (unpaired) electrons. The highest BCUT2D eigenvalue weighted by molar-refractivity contribution is 8.01. The predicted molar refractivity (Wildman–Crippen MR) is 126 cm³/mol. The molecule has 0 amide bonds. The van der Waals surface area contributed by atoms with Gasteiger partial charge in [-0.1, -0.05) is 42.1 Å². The lowest BCUT2D eigenvalue weighted by Gasteiger charge is -2.02. The van der Waals surface area contributed by atoms with E-state index in [2.05, 4.69) is 21.0 Å².